The molecule has 0 N–H and O–H groups in total. The van der Waals surface area contributed by atoms with Crippen LogP contribution in [0.15, 0.2) is 5.18 Å². The fourth-order valence-electron chi connectivity index (χ4n) is 3.01. The molecule has 2 aliphatic rings. The van der Waals surface area contributed by atoms with E-state index in [0.29, 0.717) is 0 Å². The summed E-state index contributed by atoms with van der Waals surface area (Å²) in [7, 11) is 0. The van der Waals surface area contributed by atoms with Crippen LogP contribution in [0.3, 0.4) is 0 Å². The normalized spacial score (nSPS) is 21.0. The summed E-state index contributed by atoms with van der Waals surface area (Å²) in [5.41, 5.74) is 0. The van der Waals surface area contributed by atoms with E-state index in [-0.39, 0.29) is 12.2 Å². The van der Waals surface area contributed by atoms with Crippen LogP contribution in [-0.2, 0) is 19.1 Å². The molecular formula is C15H23NO5. The molecule has 2 saturated carbocycles. The van der Waals surface area contributed by atoms with Crippen LogP contribution in [-0.4, -0.2) is 30.2 Å². The fourth-order valence-corrected chi connectivity index (χ4v) is 3.01. The van der Waals surface area contributed by atoms with Crippen LogP contribution in [0.25, 0.3) is 0 Å². The summed E-state index contributed by atoms with van der Waals surface area (Å²) in [5, 5.41) is 2.62. The van der Waals surface area contributed by atoms with E-state index in [1.54, 1.807) is 0 Å². The Bertz CT molecular complexity index is 340. The smallest absolute Gasteiger partial charge is 0.346 e. The Balaban J connectivity index is 1.83. The van der Waals surface area contributed by atoms with Crippen molar-refractivity contribution in [3.63, 3.8) is 0 Å². The van der Waals surface area contributed by atoms with Crippen LogP contribution in [0.2, 0.25) is 0 Å². The molecule has 2 aliphatic carbocycles. The summed E-state index contributed by atoms with van der Waals surface area (Å²) in [6, 6.07) is -1.67. The maximum absolute atomic E-state index is 11.9. The Morgan fingerprint density at radius 2 is 1.14 bits per heavy atom. The molecule has 0 aromatic carbocycles. The van der Waals surface area contributed by atoms with E-state index >= 15 is 0 Å². The minimum Gasteiger partial charge on any atom is -0.460 e. The lowest BCUT2D eigenvalue weighted by Crippen LogP contribution is -2.37. The van der Waals surface area contributed by atoms with Crippen molar-refractivity contribution in [2.45, 2.75) is 82.5 Å². The van der Waals surface area contributed by atoms with Crippen molar-refractivity contribution < 1.29 is 19.1 Å². The highest BCUT2D eigenvalue weighted by atomic mass is 16.6. The molecule has 0 amide bonds. The number of carbonyl (C=O) groups is 2. The largest absolute Gasteiger partial charge is 0.460 e. The summed E-state index contributed by atoms with van der Waals surface area (Å²) in [5.74, 6) is -1.73. The van der Waals surface area contributed by atoms with Gasteiger partial charge in [-0.25, -0.2) is 9.59 Å². The van der Waals surface area contributed by atoms with Crippen molar-refractivity contribution >= 4 is 11.9 Å². The zero-order valence-corrected chi connectivity index (χ0v) is 12.3. The molecule has 0 atom stereocenters. The summed E-state index contributed by atoms with van der Waals surface area (Å²) in [4.78, 5) is 34.6. The van der Waals surface area contributed by atoms with E-state index in [1.165, 1.54) is 0 Å². The second kappa shape index (κ2) is 8.10. The lowest BCUT2D eigenvalue weighted by Gasteiger charge is -2.24. The SMILES string of the molecule is O=NC(C(=O)OC1CCCCC1)C(=O)OC1CCCCC1. The maximum Gasteiger partial charge on any atom is 0.346 e. The van der Waals surface area contributed by atoms with Crippen LogP contribution < -0.4 is 0 Å². The standard InChI is InChI=1S/C15H23NO5/c17-14(20-11-7-3-1-4-8-11)13(16-19)15(18)21-12-9-5-2-6-10-12/h11-13H,1-10H2. The molecule has 0 saturated heterocycles. The number of hydrogen-bond donors (Lipinski definition) is 0. The van der Waals surface area contributed by atoms with Crippen LogP contribution >= 0.6 is 0 Å². The first kappa shape index (κ1) is 15.9. The van der Waals surface area contributed by atoms with Crippen molar-refractivity contribution in [3.05, 3.63) is 4.91 Å². The molecule has 0 unspecified atom stereocenters. The van der Waals surface area contributed by atoms with Crippen molar-refractivity contribution in [3.8, 4) is 0 Å². The third-order valence-electron chi connectivity index (χ3n) is 4.22. The number of ether oxygens (including phenoxy) is 2. The second-order valence-electron chi connectivity index (χ2n) is 5.90. The Morgan fingerprint density at radius 3 is 1.48 bits per heavy atom. The van der Waals surface area contributed by atoms with E-state index in [9.17, 15) is 14.5 Å². The van der Waals surface area contributed by atoms with Crippen molar-refractivity contribution in [1.29, 1.82) is 0 Å². The summed E-state index contributed by atoms with van der Waals surface area (Å²) >= 11 is 0. The molecule has 0 aromatic rings. The predicted octanol–water partition coefficient (Wildman–Crippen LogP) is 2.87. The second-order valence-corrected chi connectivity index (χ2v) is 5.90. The van der Waals surface area contributed by atoms with Gasteiger partial charge in [0.2, 0.25) is 0 Å². The van der Waals surface area contributed by atoms with Crippen molar-refractivity contribution in [2.24, 2.45) is 5.18 Å². The molecule has 118 valence electrons. The molecule has 6 heteroatoms. The van der Waals surface area contributed by atoms with E-state index < -0.39 is 18.0 Å². The molecule has 21 heavy (non-hydrogen) atoms. The molecule has 0 aliphatic heterocycles. The topological polar surface area (TPSA) is 82.0 Å². The quantitative estimate of drug-likeness (QED) is 0.442. The van der Waals surface area contributed by atoms with Gasteiger partial charge in [-0.3, -0.25) is 0 Å². The highest BCUT2D eigenvalue weighted by Gasteiger charge is 2.35. The minimum absolute atomic E-state index is 0.196. The first-order chi connectivity index (χ1) is 10.2. The fraction of sp³-hybridized carbons (Fsp3) is 0.867. The van der Waals surface area contributed by atoms with E-state index in [0.717, 1.165) is 64.2 Å². The third kappa shape index (κ3) is 4.79. The highest BCUT2D eigenvalue weighted by Crippen LogP contribution is 2.23. The zero-order chi connectivity index (χ0) is 15.1. The molecule has 0 radical (unpaired) electrons. The number of hydrogen-bond acceptors (Lipinski definition) is 6. The van der Waals surface area contributed by atoms with E-state index in [4.69, 9.17) is 9.47 Å². The first-order valence-electron chi connectivity index (χ1n) is 7.94. The Kier molecular flexibility index (Phi) is 6.14. The van der Waals surface area contributed by atoms with Gasteiger partial charge in [0.05, 0.1) is 0 Å². The number of rotatable bonds is 5. The molecule has 6 nitrogen and oxygen atoms in total. The van der Waals surface area contributed by atoms with Gasteiger partial charge in [-0.05, 0) is 56.5 Å². The van der Waals surface area contributed by atoms with E-state index in [2.05, 4.69) is 5.18 Å². The molecular weight excluding hydrogens is 274 g/mol. The van der Waals surface area contributed by atoms with Gasteiger partial charge < -0.3 is 9.47 Å². The lowest BCUT2D eigenvalue weighted by molar-refractivity contribution is -0.164. The molecule has 2 fully saturated rings. The molecule has 0 aromatic heterocycles. The Hall–Kier alpha value is -1.46. The molecule has 0 bridgehead atoms. The monoisotopic (exact) mass is 297 g/mol. The van der Waals surface area contributed by atoms with Gasteiger partial charge >= 0.3 is 11.9 Å². The lowest BCUT2D eigenvalue weighted by atomic mass is 9.97. The van der Waals surface area contributed by atoms with Gasteiger partial charge in [-0.1, -0.05) is 12.8 Å². The van der Waals surface area contributed by atoms with Crippen molar-refractivity contribution in [2.75, 3.05) is 0 Å². The Labute approximate surface area is 124 Å². The van der Waals surface area contributed by atoms with Crippen LogP contribution in [0, 0.1) is 4.91 Å². The number of carbonyl (C=O) groups excluding carboxylic acids is 2. The zero-order valence-electron chi connectivity index (χ0n) is 12.3. The average Bonchev–Trinajstić information content (AvgIpc) is 2.50. The molecule has 0 heterocycles. The first-order valence-corrected chi connectivity index (χ1v) is 7.94. The molecule has 0 spiro atoms. The van der Waals surface area contributed by atoms with Gasteiger partial charge in [-0.2, -0.15) is 0 Å². The number of nitrogens with zero attached hydrogens (tertiary/aromatic N) is 1. The third-order valence-corrected chi connectivity index (χ3v) is 4.22. The van der Waals surface area contributed by atoms with Crippen molar-refractivity contribution in [1.82, 2.24) is 0 Å². The van der Waals surface area contributed by atoms with Gasteiger partial charge in [0.15, 0.2) is 0 Å². The van der Waals surface area contributed by atoms with Crippen LogP contribution in [0.5, 0.6) is 0 Å². The van der Waals surface area contributed by atoms with Gasteiger partial charge in [0, 0.05) is 0 Å². The van der Waals surface area contributed by atoms with Crippen LogP contribution in [0.1, 0.15) is 64.2 Å². The molecule has 2 rings (SSSR count). The summed E-state index contributed by atoms with van der Waals surface area (Å²) in [6.07, 6.45) is 9.03. The summed E-state index contributed by atoms with van der Waals surface area (Å²) in [6.45, 7) is 0. The maximum atomic E-state index is 11.9. The predicted molar refractivity (Wildman–Crippen MR) is 75.5 cm³/mol. The highest BCUT2D eigenvalue weighted by molar-refractivity contribution is 5.99. The number of esters is 2. The summed E-state index contributed by atoms with van der Waals surface area (Å²) < 4.78 is 10.4. The van der Waals surface area contributed by atoms with Crippen LogP contribution in [0.4, 0.5) is 0 Å². The van der Waals surface area contributed by atoms with Gasteiger partial charge in [-0.15, -0.1) is 4.91 Å². The Morgan fingerprint density at radius 1 is 0.762 bits per heavy atom. The minimum atomic E-state index is -1.67. The van der Waals surface area contributed by atoms with E-state index in [1.807, 2.05) is 0 Å². The number of nitroso groups, excluding NO2 is 1. The average molecular weight is 297 g/mol. The van der Waals surface area contributed by atoms with Gasteiger partial charge in [0.25, 0.3) is 6.04 Å². The van der Waals surface area contributed by atoms with Gasteiger partial charge in [0.1, 0.15) is 12.2 Å².